The summed E-state index contributed by atoms with van der Waals surface area (Å²) in [5, 5.41) is 3.22. The Kier molecular flexibility index (Phi) is 12.8. The highest BCUT2D eigenvalue weighted by molar-refractivity contribution is 9.10. The average Bonchev–Trinajstić information content (AvgIpc) is 3.31. The minimum atomic E-state index is -0.449. The van der Waals surface area contributed by atoms with E-state index in [1.807, 2.05) is 23.6 Å². The Labute approximate surface area is 285 Å². The molecule has 0 aliphatic rings. The quantitative estimate of drug-likeness (QED) is 0.186. The first-order valence-corrected chi connectivity index (χ1v) is 14.9. The summed E-state index contributed by atoms with van der Waals surface area (Å²) in [5.74, 6) is -0.478. The highest BCUT2D eigenvalue weighted by atomic mass is 79.9. The summed E-state index contributed by atoms with van der Waals surface area (Å²) in [7, 11) is 4.68. The first-order chi connectivity index (χ1) is 21.0. The van der Waals surface area contributed by atoms with Crippen molar-refractivity contribution in [2.75, 3.05) is 44.2 Å². The van der Waals surface area contributed by atoms with E-state index in [-0.39, 0.29) is 43.1 Å². The number of likely N-dealkylation sites (N-methyl/N-ethyl adjacent to an activating group) is 2. The zero-order valence-corrected chi connectivity index (χ0v) is 28.8. The largest absolute Gasteiger partial charge is 0.485 e. The second kappa shape index (κ2) is 16.1. The van der Waals surface area contributed by atoms with Gasteiger partial charge < -0.3 is 24.6 Å². The number of amides is 3. The number of methoxy groups -OCH3 is 1. The van der Waals surface area contributed by atoms with E-state index in [2.05, 4.69) is 26.2 Å². The molecule has 0 bridgehead atoms. The Hall–Kier alpha value is -3.61. The van der Waals surface area contributed by atoms with Gasteiger partial charge in [0.15, 0.2) is 11.4 Å². The van der Waals surface area contributed by atoms with Crippen molar-refractivity contribution in [3.63, 3.8) is 0 Å². The first-order valence-electron chi connectivity index (χ1n) is 13.3. The van der Waals surface area contributed by atoms with Gasteiger partial charge in [-0.05, 0) is 70.9 Å². The predicted octanol–water partition coefficient (Wildman–Crippen LogP) is 6.11. The fraction of sp³-hybridized carbons (Fsp3) is 0.226. The Morgan fingerprint density at radius 1 is 1.04 bits per heavy atom. The van der Waals surface area contributed by atoms with Gasteiger partial charge in [0.1, 0.15) is 17.8 Å². The van der Waals surface area contributed by atoms with Crippen molar-refractivity contribution >= 4 is 92.4 Å². The van der Waals surface area contributed by atoms with Crippen LogP contribution in [0.2, 0.25) is 10.0 Å². The average molecular weight is 740 g/mol. The Balaban J connectivity index is 0.00000552. The van der Waals surface area contributed by atoms with E-state index in [4.69, 9.17) is 32.7 Å². The molecule has 45 heavy (non-hydrogen) atoms. The summed E-state index contributed by atoms with van der Waals surface area (Å²) in [6.07, 6.45) is 4.80. The van der Waals surface area contributed by atoms with Crippen molar-refractivity contribution in [2.24, 2.45) is 0 Å². The number of ether oxygens (including phenoxy) is 2. The predicted molar refractivity (Wildman–Crippen MR) is 183 cm³/mol. The van der Waals surface area contributed by atoms with Crippen molar-refractivity contribution in [2.45, 2.75) is 13.5 Å². The van der Waals surface area contributed by atoms with E-state index in [1.54, 1.807) is 62.6 Å². The van der Waals surface area contributed by atoms with Gasteiger partial charge in [-0.1, -0.05) is 35.3 Å². The molecule has 0 aliphatic heterocycles. The van der Waals surface area contributed by atoms with Crippen LogP contribution in [0.25, 0.3) is 11.7 Å². The molecule has 2 aromatic carbocycles. The summed E-state index contributed by atoms with van der Waals surface area (Å²) in [5.41, 5.74) is 3.80. The summed E-state index contributed by atoms with van der Waals surface area (Å²) >= 11 is 16.7. The van der Waals surface area contributed by atoms with Crippen LogP contribution in [-0.2, 0) is 25.7 Å². The molecule has 4 rings (SSSR count). The molecule has 0 unspecified atom stereocenters. The van der Waals surface area contributed by atoms with Crippen molar-refractivity contribution in [3.05, 3.63) is 92.3 Å². The van der Waals surface area contributed by atoms with Gasteiger partial charge in [-0.15, -0.1) is 12.4 Å². The monoisotopic (exact) mass is 737 g/mol. The SMILES string of the molecule is COCC(=O)N(C)c1ccc(C=CC(=O)NCC(=O)N(C)c2ccc(Cl)c(COc3cccn4c(Br)c(C)nc34)c2Cl)cc1.Cl. The number of aromatic nitrogens is 2. The number of benzene rings is 2. The molecule has 2 heterocycles. The van der Waals surface area contributed by atoms with Crippen LogP contribution in [-0.4, -0.2) is 61.5 Å². The number of imidazole rings is 1. The van der Waals surface area contributed by atoms with Gasteiger partial charge in [0.25, 0.3) is 5.91 Å². The van der Waals surface area contributed by atoms with Crippen LogP contribution >= 0.6 is 51.5 Å². The van der Waals surface area contributed by atoms with Crippen LogP contribution in [0.1, 0.15) is 16.8 Å². The number of halogens is 4. The molecule has 0 aliphatic carbocycles. The molecule has 238 valence electrons. The van der Waals surface area contributed by atoms with Crippen LogP contribution in [0, 0.1) is 6.92 Å². The fourth-order valence-corrected chi connectivity index (χ4v) is 5.17. The number of carbonyl (C=O) groups is 3. The maximum absolute atomic E-state index is 12.9. The van der Waals surface area contributed by atoms with Crippen LogP contribution in [0.4, 0.5) is 11.4 Å². The lowest BCUT2D eigenvalue weighted by Gasteiger charge is -2.21. The highest BCUT2D eigenvalue weighted by Crippen LogP contribution is 2.35. The van der Waals surface area contributed by atoms with Gasteiger partial charge in [0.2, 0.25) is 11.8 Å². The van der Waals surface area contributed by atoms with Crippen molar-refractivity contribution in [3.8, 4) is 5.75 Å². The van der Waals surface area contributed by atoms with Crippen molar-refractivity contribution < 1.29 is 23.9 Å². The lowest BCUT2D eigenvalue weighted by Crippen LogP contribution is -2.37. The first kappa shape index (κ1) is 35.9. The molecule has 0 saturated heterocycles. The van der Waals surface area contributed by atoms with Crippen LogP contribution in [0.5, 0.6) is 5.75 Å². The molecule has 0 radical (unpaired) electrons. The third-order valence-electron chi connectivity index (χ3n) is 6.75. The summed E-state index contributed by atoms with van der Waals surface area (Å²) in [6, 6.07) is 14.0. The van der Waals surface area contributed by atoms with Gasteiger partial charge in [-0.2, -0.15) is 0 Å². The van der Waals surface area contributed by atoms with E-state index in [1.165, 1.54) is 23.0 Å². The molecule has 10 nitrogen and oxygen atoms in total. The highest BCUT2D eigenvalue weighted by Gasteiger charge is 2.20. The lowest BCUT2D eigenvalue weighted by atomic mass is 10.2. The van der Waals surface area contributed by atoms with E-state index in [0.717, 1.165) is 15.9 Å². The second-order valence-electron chi connectivity index (χ2n) is 9.68. The fourth-order valence-electron chi connectivity index (χ4n) is 4.19. The zero-order valence-electron chi connectivity index (χ0n) is 24.8. The van der Waals surface area contributed by atoms with E-state index < -0.39 is 11.8 Å². The van der Waals surface area contributed by atoms with E-state index in [9.17, 15) is 14.4 Å². The van der Waals surface area contributed by atoms with Crippen LogP contribution < -0.4 is 19.9 Å². The Morgan fingerprint density at radius 2 is 1.76 bits per heavy atom. The van der Waals surface area contributed by atoms with Crippen molar-refractivity contribution in [1.29, 1.82) is 0 Å². The number of anilines is 2. The molecule has 0 atom stereocenters. The topological polar surface area (TPSA) is 105 Å². The number of rotatable bonds is 11. The number of fused-ring (bicyclic) bond motifs is 1. The van der Waals surface area contributed by atoms with Gasteiger partial charge in [-0.25, -0.2) is 4.98 Å². The maximum Gasteiger partial charge on any atom is 0.252 e. The number of pyridine rings is 1. The summed E-state index contributed by atoms with van der Waals surface area (Å²) in [4.78, 5) is 44.7. The molecule has 14 heteroatoms. The molecular formula is C31H31BrCl3N5O5. The van der Waals surface area contributed by atoms with Gasteiger partial charge >= 0.3 is 0 Å². The summed E-state index contributed by atoms with van der Waals surface area (Å²) in [6.45, 7) is 1.65. The van der Waals surface area contributed by atoms with Gasteiger partial charge in [-0.3, -0.25) is 18.8 Å². The Morgan fingerprint density at radius 3 is 2.44 bits per heavy atom. The molecule has 0 spiro atoms. The number of nitrogens with zero attached hydrogens (tertiary/aromatic N) is 4. The van der Waals surface area contributed by atoms with Crippen molar-refractivity contribution in [1.82, 2.24) is 14.7 Å². The van der Waals surface area contributed by atoms with Crippen LogP contribution in [0.15, 0.2) is 65.4 Å². The van der Waals surface area contributed by atoms with Gasteiger partial charge in [0, 0.05) is 49.8 Å². The molecular weight excluding hydrogens is 709 g/mol. The normalized spacial score (nSPS) is 10.9. The van der Waals surface area contributed by atoms with Crippen LogP contribution in [0.3, 0.4) is 0 Å². The molecule has 3 amide bonds. The molecule has 0 saturated carbocycles. The smallest absolute Gasteiger partial charge is 0.252 e. The lowest BCUT2D eigenvalue weighted by molar-refractivity contribution is -0.122. The second-order valence-corrected chi connectivity index (χ2v) is 11.2. The third-order valence-corrected chi connectivity index (χ3v) is 8.48. The zero-order chi connectivity index (χ0) is 32.0. The third kappa shape index (κ3) is 8.56. The molecule has 2 aromatic heterocycles. The summed E-state index contributed by atoms with van der Waals surface area (Å²) < 4.78 is 13.6. The number of aryl methyl sites for hydroxylation is 1. The standard InChI is InChI=1S/C31H30BrCl2N5O5.ClH/c1-19-30(32)39-15-5-6-25(31(39)36-19)44-17-22-23(33)12-13-24(29(22)34)38(3)27(41)16-35-26(40)14-9-20-7-10-21(11-8-20)37(2)28(42)18-43-4;/h5-15H,16-18H2,1-4H3,(H,35,40);1H. The van der Waals surface area contributed by atoms with Gasteiger partial charge in [0.05, 0.1) is 22.9 Å². The van der Waals surface area contributed by atoms with E-state index in [0.29, 0.717) is 33.4 Å². The number of nitrogens with one attached hydrogen (secondary N) is 1. The maximum atomic E-state index is 12.9. The minimum Gasteiger partial charge on any atom is -0.485 e. The number of carbonyl (C=O) groups excluding carboxylic acids is 3. The molecule has 4 aromatic rings. The Bertz CT molecular complexity index is 1730. The van der Waals surface area contributed by atoms with E-state index >= 15 is 0 Å². The minimum absolute atomic E-state index is 0. The number of hydrogen-bond acceptors (Lipinski definition) is 6. The molecule has 0 fully saturated rings. The molecule has 1 N–H and O–H groups in total. The number of hydrogen-bond donors (Lipinski definition) is 1.